The van der Waals surface area contributed by atoms with E-state index in [0.717, 1.165) is 37.9 Å². The SMILES string of the molecule is CC(C)CCCOCCOCCOCCOCCCC(C)C. The smallest absolute Gasteiger partial charge is 0.0701 e. The third kappa shape index (κ3) is 19.8. The van der Waals surface area contributed by atoms with E-state index >= 15 is 0 Å². The average molecular weight is 318 g/mol. The summed E-state index contributed by atoms with van der Waals surface area (Å²) in [4.78, 5) is 0. The van der Waals surface area contributed by atoms with E-state index in [4.69, 9.17) is 18.9 Å². The molecule has 0 unspecified atom stereocenters. The molecule has 0 atom stereocenters. The van der Waals surface area contributed by atoms with Crippen LogP contribution in [-0.2, 0) is 18.9 Å². The summed E-state index contributed by atoms with van der Waals surface area (Å²) in [5.41, 5.74) is 0. The molecule has 0 saturated heterocycles. The van der Waals surface area contributed by atoms with E-state index in [9.17, 15) is 0 Å². The van der Waals surface area contributed by atoms with Crippen LogP contribution < -0.4 is 0 Å². The van der Waals surface area contributed by atoms with Crippen molar-refractivity contribution in [3.05, 3.63) is 0 Å². The van der Waals surface area contributed by atoms with Crippen LogP contribution in [0.4, 0.5) is 0 Å². The second kappa shape index (κ2) is 17.2. The van der Waals surface area contributed by atoms with Crippen LogP contribution in [0.3, 0.4) is 0 Å². The van der Waals surface area contributed by atoms with Gasteiger partial charge in [-0.2, -0.15) is 0 Å². The molecule has 0 N–H and O–H groups in total. The van der Waals surface area contributed by atoms with E-state index in [1.807, 2.05) is 0 Å². The van der Waals surface area contributed by atoms with Gasteiger partial charge in [0.05, 0.1) is 39.6 Å². The van der Waals surface area contributed by atoms with Gasteiger partial charge >= 0.3 is 0 Å². The van der Waals surface area contributed by atoms with Crippen LogP contribution in [0, 0.1) is 11.8 Å². The molecule has 0 rings (SSSR count). The first-order valence-electron chi connectivity index (χ1n) is 8.94. The highest BCUT2D eigenvalue weighted by molar-refractivity contribution is 4.45. The van der Waals surface area contributed by atoms with Crippen LogP contribution in [0.1, 0.15) is 53.4 Å². The Balaban J connectivity index is 2.97. The fourth-order valence-corrected chi connectivity index (χ4v) is 1.95. The van der Waals surface area contributed by atoms with Gasteiger partial charge in [-0.3, -0.25) is 0 Å². The lowest BCUT2D eigenvalue weighted by molar-refractivity contribution is -0.00276. The molecule has 0 aliphatic carbocycles. The first-order valence-corrected chi connectivity index (χ1v) is 8.94. The van der Waals surface area contributed by atoms with E-state index in [2.05, 4.69) is 27.7 Å². The quantitative estimate of drug-likeness (QED) is 0.381. The first-order chi connectivity index (χ1) is 10.6. The number of rotatable bonds is 17. The molecule has 0 fully saturated rings. The largest absolute Gasteiger partial charge is 0.379 e. The molecule has 0 aromatic heterocycles. The molecule has 4 nitrogen and oxygen atoms in total. The summed E-state index contributed by atoms with van der Waals surface area (Å²) in [7, 11) is 0. The molecule has 134 valence electrons. The van der Waals surface area contributed by atoms with Crippen LogP contribution >= 0.6 is 0 Å². The number of hydrogen-bond acceptors (Lipinski definition) is 4. The Morgan fingerprint density at radius 3 is 1.00 bits per heavy atom. The third-order valence-corrected chi connectivity index (χ3v) is 3.26. The van der Waals surface area contributed by atoms with Gasteiger partial charge in [-0.25, -0.2) is 0 Å². The molecule has 0 spiro atoms. The minimum absolute atomic E-state index is 0.628. The summed E-state index contributed by atoms with van der Waals surface area (Å²) in [5, 5.41) is 0. The Kier molecular flexibility index (Phi) is 17.1. The maximum Gasteiger partial charge on any atom is 0.0701 e. The zero-order chi connectivity index (χ0) is 16.5. The standard InChI is InChI=1S/C18H38O4/c1-17(2)7-5-9-19-11-13-21-15-16-22-14-12-20-10-6-8-18(3)4/h17-18H,5-16H2,1-4H3. The minimum Gasteiger partial charge on any atom is -0.379 e. The molecule has 4 heteroatoms. The lowest BCUT2D eigenvalue weighted by Gasteiger charge is -2.08. The Bertz CT molecular complexity index is 185. The van der Waals surface area contributed by atoms with E-state index in [1.165, 1.54) is 12.8 Å². The second-order valence-corrected chi connectivity index (χ2v) is 6.52. The fourth-order valence-electron chi connectivity index (χ4n) is 1.95. The first kappa shape index (κ1) is 21.8. The molecular formula is C18H38O4. The molecule has 0 saturated carbocycles. The van der Waals surface area contributed by atoms with Crippen molar-refractivity contribution < 1.29 is 18.9 Å². The van der Waals surface area contributed by atoms with E-state index in [0.29, 0.717) is 39.6 Å². The highest BCUT2D eigenvalue weighted by Gasteiger charge is 1.96. The highest BCUT2D eigenvalue weighted by atomic mass is 16.6. The molecule has 0 aliphatic rings. The third-order valence-electron chi connectivity index (χ3n) is 3.26. The lowest BCUT2D eigenvalue weighted by Crippen LogP contribution is -2.12. The molecule has 0 aromatic rings. The minimum atomic E-state index is 0.628. The molecule has 0 heterocycles. The van der Waals surface area contributed by atoms with Gasteiger partial charge in [0.2, 0.25) is 0 Å². The summed E-state index contributed by atoms with van der Waals surface area (Å²) in [5.74, 6) is 1.52. The zero-order valence-corrected chi connectivity index (χ0v) is 15.3. The Hall–Kier alpha value is -0.160. The Morgan fingerprint density at radius 1 is 0.455 bits per heavy atom. The van der Waals surface area contributed by atoms with Crippen LogP contribution in [0.15, 0.2) is 0 Å². The van der Waals surface area contributed by atoms with Gasteiger partial charge in [-0.05, 0) is 37.5 Å². The molecule has 0 amide bonds. The van der Waals surface area contributed by atoms with Gasteiger partial charge in [0, 0.05) is 13.2 Å². The van der Waals surface area contributed by atoms with Gasteiger partial charge in [0.25, 0.3) is 0 Å². The average Bonchev–Trinajstić information content (AvgIpc) is 2.46. The summed E-state index contributed by atoms with van der Waals surface area (Å²) < 4.78 is 21.9. The molecule has 0 aromatic carbocycles. The van der Waals surface area contributed by atoms with Crippen molar-refractivity contribution in [3.8, 4) is 0 Å². The maximum absolute atomic E-state index is 5.50. The topological polar surface area (TPSA) is 36.9 Å². The molecule has 0 aliphatic heterocycles. The zero-order valence-electron chi connectivity index (χ0n) is 15.3. The van der Waals surface area contributed by atoms with Gasteiger partial charge < -0.3 is 18.9 Å². The number of hydrogen-bond donors (Lipinski definition) is 0. The van der Waals surface area contributed by atoms with Crippen molar-refractivity contribution in [2.45, 2.75) is 53.4 Å². The Morgan fingerprint density at radius 2 is 0.727 bits per heavy atom. The normalized spacial score (nSPS) is 11.7. The van der Waals surface area contributed by atoms with E-state index < -0.39 is 0 Å². The predicted octanol–water partition coefficient (Wildman–Crippen LogP) is 3.93. The molecular weight excluding hydrogens is 280 g/mol. The van der Waals surface area contributed by atoms with Crippen molar-refractivity contribution in [3.63, 3.8) is 0 Å². The van der Waals surface area contributed by atoms with Crippen molar-refractivity contribution in [1.29, 1.82) is 0 Å². The van der Waals surface area contributed by atoms with Crippen LogP contribution in [0.5, 0.6) is 0 Å². The van der Waals surface area contributed by atoms with Gasteiger partial charge in [-0.15, -0.1) is 0 Å². The van der Waals surface area contributed by atoms with Gasteiger partial charge in [-0.1, -0.05) is 27.7 Å². The summed E-state index contributed by atoms with van der Waals surface area (Å²) in [6, 6.07) is 0. The van der Waals surface area contributed by atoms with Crippen LogP contribution in [0.2, 0.25) is 0 Å². The van der Waals surface area contributed by atoms with E-state index in [-0.39, 0.29) is 0 Å². The highest BCUT2D eigenvalue weighted by Crippen LogP contribution is 2.03. The Labute approximate surface area is 137 Å². The summed E-state index contributed by atoms with van der Waals surface area (Å²) in [6.07, 6.45) is 4.73. The van der Waals surface area contributed by atoms with Gasteiger partial charge in [0.15, 0.2) is 0 Å². The van der Waals surface area contributed by atoms with Crippen LogP contribution in [0.25, 0.3) is 0 Å². The van der Waals surface area contributed by atoms with Crippen molar-refractivity contribution in [2.24, 2.45) is 11.8 Å². The van der Waals surface area contributed by atoms with Crippen LogP contribution in [-0.4, -0.2) is 52.9 Å². The lowest BCUT2D eigenvalue weighted by atomic mass is 10.1. The molecule has 0 bridgehead atoms. The monoisotopic (exact) mass is 318 g/mol. The molecule has 0 radical (unpaired) electrons. The second-order valence-electron chi connectivity index (χ2n) is 6.52. The predicted molar refractivity (Wildman–Crippen MR) is 91.4 cm³/mol. The molecule has 22 heavy (non-hydrogen) atoms. The number of ether oxygens (including phenoxy) is 4. The van der Waals surface area contributed by atoms with Crippen molar-refractivity contribution >= 4 is 0 Å². The maximum atomic E-state index is 5.50. The summed E-state index contributed by atoms with van der Waals surface area (Å²) in [6.45, 7) is 14.5. The fraction of sp³-hybridized carbons (Fsp3) is 1.00. The summed E-state index contributed by atoms with van der Waals surface area (Å²) >= 11 is 0. The van der Waals surface area contributed by atoms with Gasteiger partial charge in [0.1, 0.15) is 0 Å². The van der Waals surface area contributed by atoms with E-state index in [1.54, 1.807) is 0 Å². The van der Waals surface area contributed by atoms with Crippen molar-refractivity contribution in [2.75, 3.05) is 52.9 Å². The van der Waals surface area contributed by atoms with Crippen molar-refractivity contribution in [1.82, 2.24) is 0 Å².